The van der Waals surface area contributed by atoms with E-state index < -0.39 is 0 Å². The molecule has 2 atom stereocenters. The summed E-state index contributed by atoms with van der Waals surface area (Å²) in [5.74, 6) is -0.0509. The van der Waals surface area contributed by atoms with Crippen LogP contribution >= 0.6 is 22.9 Å². The maximum atomic E-state index is 12.2. The van der Waals surface area contributed by atoms with Crippen LogP contribution in [0.4, 0.5) is 0 Å². The van der Waals surface area contributed by atoms with E-state index in [1.165, 1.54) is 0 Å². The lowest BCUT2D eigenvalue weighted by atomic mass is 10.1. The van der Waals surface area contributed by atoms with Crippen LogP contribution < -0.4 is 0 Å². The first-order valence-electron chi connectivity index (χ1n) is 7.48. The normalized spacial score (nSPS) is 19.7. The Balaban J connectivity index is 1.39. The quantitative estimate of drug-likeness (QED) is 0.639. The number of ether oxygens (including phenoxy) is 1. The first kappa shape index (κ1) is 14.7. The number of fused-ring (bicyclic) bond motifs is 1. The first-order chi connectivity index (χ1) is 11.2. The molecule has 1 heterocycles. The van der Waals surface area contributed by atoms with Crippen LogP contribution in [0.5, 0.6) is 0 Å². The number of rotatable bonds is 4. The maximum absolute atomic E-state index is 12.2. The fourth-order valence-corrected chi connectivity index (χ4v) is 3.95. The lowest BCUT2D eigenvalue weighted by Gasteiger charge is -2.04. The van der Waals surface area contributed by atoms with E-state index >= 15 is 0 Å². The Labute approximate surface area is 142 Å². The van der Waals surface area contributed by atoms with Gasteiger partial charge in [0.1, 0.15) is 11.6 Å². The van der Waals surface area contributed by atoms with Crippen LogP contribution in [0.2, 0.25) is 5.02 Å². The van der Waals surface area contributed by atoms with E-state index in [4.69, 9.17) is 16.3 Å². The molecule has 1 saturated carbocycles. The van der Waals surface area contributed by atoms with Crippen LogP contribution in [0.3, 0.4) is 0 Å². The summed E-state index contributed by atoms with van der Waals surface area (Å²) in [6, 6.07) is 15.6. The minimum absolute atomic E-state index is 0.0794. The van der Waals surface area contributed by atoms with Gasteiger partial charge in [0.15, 0.2) is 0 Å². The van der Waals surface area contributed by atoms with Crippen molar-refractivity contribution in [3.63, 3.8) is 0 Å². The zero-order chi connectivity index (χ0) is 15.8. The smallest absolute Gasteiger partial charge is 0.309 e. The molecule has 2 unspecified atom stereocenters. The van der Waals surface area contributed by atoms with Crippen molar-refractivity contribution >= 4 is 39.1 Å². The van der Waals surface area contributed by atoms with Crippen molar-refractivity contribution in [2.24, 2.45) is 5.92 Å². The van der Waals surface area contributed by atoms with Crippen LogP contribution in [0, 0.1) is 5.92 Å². The van der Waals surface area contributed by atoms with Gasteiger partial charge in [-0.1, -0.05) is 41.9 Å². The van der Waals surface area contributed by atoms with Crippen LogP contribution in [0.25, 0.3) is 10.2 Å². The second kappa shape index (κ2) is 5.95. The Kier molecular flexibility index (Phi) is 3.79. The van der Waals surface area contributed by atoms with E-state index in [0.717, 1.165) is 32.2 Å². The van der Waals surface area contributed by atoms with Gasteiger partial charge >= 0.3 is 5.97 Å². The van der Waals surface area contributed by atoms with E-state index in [1.54, 1.807) is 11.3 Å². The van der Waals surface area contributed by atoms with Crippen LogP contribution in [0.1, 0.15) is 22.9 Å². The Morgan fingerprint density at radius 2 is 2.00 bits per heavy atom. The van der Waals surface area contributed by atoms with Crippen molar-refractivity contribution in [3.8, 4) is 0 Å². The monoisotopic (exact) mass is 343 g/mol. The zero-order valence-corrected chi connectivity index (χ0v) is 13.8. The molecule has 5 heteroatoms. The highest BCUT2D eigenvalue weighted by Gasteiger charge is 2.46. The van der Waals surface area contributed by atoms with Gasteiger partial charge < -0.3 is 4.74 Å². The molecule has 0 N–H and O–H groups in total. The molecule has 0 amide bonds. The SMILES string of the molecule is O=C(OCc1nc2ccccc2s1)C1CC1c1ccccc1Cl. The molecule has 1 aliphatic carbocycles. The fourth-order valence-electron chi connectivity index (χ4n) is 2.80. The van der Waals surface area contributed by atoms with Gasteiger partial charge in [-0.05, 0) is 36.1 Å². The van der Waals surface area contributed by atoms with Crippen molar-refractivity contribution in [1.82, 2.24) is 4.98 Å². The number of hydrogen-bond donors (Lipinski definition) is 0. The molecule has 0 spiro atoms. The lowest BCUT2D eigenvalue weighted by molar-refractivity contribution is -0.146. The van der Waals surface area contributed by atoms with E-state index in [0.29, 0.717) is 0 Å². The van der Waals surface area contributed by atoms with Crippen molar-refractivity contribution in [2.45, 2.75) is 18.9 Å². The van der Waals surface area contributed by atoms with Gasteiger partial charge in [0, 0.05) is 5.02 Å². The molecule has 1 aromatic heterocycles. The molecule has 1 aliphatic rings. The molecular weight excluding hydrogens is 330 g/mol. The van der Waals surface area contributed by atoms with E-state index in [2.05, 4.69) is 4.98 Å². The van der Waals surface area contributed by atoms with E-state index in [-0.39, 0.29) is 24.4 Å². The molecule has 0 aliphatic heterocycles. The second-order valence-corrected chi connectivity index (χ2v) is 7.18. The molecule has 3 nitrogen and oxygen atoms in total. The summed E-state index contributed by atoms with van der Waals surface area (Å²) < 4.78 is 6.55. The number of aromatic nitrogens is 1. The number of halogens is 1. The Morgan fingerprint density at radius 3 is 2.83 bits per heavy atom. The number of benzene rings is 2. The predicted octanol–water partition coefficient (Wildman–Crippen LogP) is 4.80. The van der Waals surface area contributed by atoms with Gasteiger partial charge in [0.05, 0.1) is 16.1 Å². The van der Waals surface area contributed by atoms with E-state index in [9.17, 15) is 4.79 Å². The topological polar surface area (TPSA) is 39.2 Å². The molecule has 1 fully saturated rings. The predicted molar refractivity (Wildman–Crippen MR) is 91.7 cm³/mol. The van der Waals surface area contributed by atoms with Crippen molar-refractivity contribution in [1.29, 1.82) is 0 Å². The average molecular weight is 344 g/mol. The standard InChI is InChI=1S/C18H14ClNO2S/c19-14-6-2-1-5-11(14)12-9-13(12)18(21)22-10-17-20-15-7-3-4-8-16(15)23-17/h1-8,12-13H,9-10H2. The zero-order valence-electron chi connectivity index (χ0n) is 12.2. The number of thiazole rings is 1. The molecular formula is C18H14ClNO2S. The highest BCUT2D eigenvalue weighted by atomic mass is 35.5. The number of hydrogen-bond acceptors (Lipinski definition) is 4. The van der Waals surface area contributed by atoms with Crippen molar-refractivity contribution in [2.75, 3.05) is 0 Å². The second-order valence-electron chi connectivity index (χ2n) is 5.65. The molecule has 116 valence electrons. The maximum Gasteiger partial charge on any atom is 0.309 e. The number of para-hydroxylation sites is 1. The minimum Gasteiger partial charge on any atom is -0.458 e. The summed E-state index contributed by atoms with van der Waals surface area (Å²) in [4.78, 5) is 16.7. The van der Waals surface area contributed by atoms with Gasteiger partial charge in [-0.2, -0.15) is 0 Å². The third kappa shape index (κ3) is 2.96. The number of carbonyl (C=O) groups excluding carboxylic acids is 1. The van der Waals surface area contributed by atoms with Gasteiger partial charge in [-0.25, -0.2) is 4.98 Å². The lowest BCUT2D eigenvalue weighted by Crippen LogP contribution is -2.07. The highest BCUT2D eigenvalue weighted by molar-refractivity contribution is 7.18. The van der Waals surface area contributed by atoms with Crippen molar-refractivity contribution in [3.05, 3.63) is 64.1 Å². The van der Waals surface area contributed by atoms with Crippen LogP contribution in [0.15, 0.2) is 48.5 Å². The summed E-state index contributed by atoms with van der Waals surface area (Å²) in [5, 5.41) is 1.55. The Hall–Kier alpha value is -1.91. The molecule has 2 aromatic carbocycles. The minimum atomic E-state index is -0.158. The average Bonchev–Trinajstić information content (AvgIpc) is 3.24. The molecule has 0 saturated heterocycles. The number of esters is 1. The van der Waals surface area contributed by atoms with Gasteiger partial charge in [-0.3, -0.25) is 4.79 Å². The molecule has 0 bridgehead atoms. The third-order valence-electron chi connectivity index (χ3n) is 4.07. The summed E-state index contributed by atoms with van der Waals surface area (Å²) in [6.07, 6.45) is 0.808. The Bertz CT molecular complexity index is 843. The summed E-state index contributed by atoms with van der Waals surface area (Å²) in [6.45, 7) is 0.240. The summed E-state index contributed by atoms with van der Waals surface area (Å²) in [5.41, 5.74) is 1.99. The molecule has 23 heavy (non-hydrogen) atoms. The number of carbonyl (C=O) groups is 1. The van der Waals surface area contributed by atoms with Crippen LogP contribution in [-0.2, 0) is 16.1 Å². The molecule has 4 rings (SSSR count). The van der Waals surface area contributed by atoms with Crippen LogP contribution in [-0.4, -0.2) is 11.0 Å². The summed E-state index contributed by atoms with van der Waals surface area (Å²) >= 11 is 7.75. The van der Waals surface area contributed by atoms with Gasteiger partial charge in [-0.15, -0.1) is 11.3 Å². The highest BCUT2D eigenvalue weighted by Crippen LogP contribution is 2.50. The fraction of sp³-hybridized carbons (Fsp3) is 0.222. The van der Waals surface area contributed by atoms with E-state index in [1.807, 2.05) is 48.5 Å². The van der Waals surface area contributed by atoms with Gasteiger partial charge in [0.25, 0.3) is 0 Å². The largest absolute Gasteiger partial charge is 0.458 e. The Morgan fingerprint density at radius 1 is 1.22 bits per heavy atom. The van der Waals surface area contributed by atoms with Gasteiger partial charge in [0.2, 0.25) is 0 Å². The number of nitrogens with zero attached hydrogens (tertiary/aromatic N) is 1. The third-order valence-corrected chi connectivity index (χ3v) is 5.43. The molecule has 0 radical (unpaired) electrons. The van der Waals surface area contributed by atoms with Crippen molar-refractivity contribution < 1.29 is 9.53 Å². The first-order valence-corrected chi connectivity index (χ1v) is 8.67. The summed E-state index contributed by atoms with van der Waals surface area (Å²) in [7, 11) is 0. The molecule has 3 aromatic rings.